The third kappa shape index (κ3) is 9.95. The second kappa shape index (κ2) is 11.0. The highest BCUT2D eigenvalue weighted by Gasteiger charge is 2.23. The SMILES string of the molecule is C1CCC(NC2CCCCC2)CC1.[2H]C([2H])([2H])C(O)(CCO)CC(=O)O. The molecule has 2 rings (SSSR count). The van der Waals surface area contributed by atoms with Gasteiger partial charge in [-0.3, -0.25) is 4.79 Å². The van der Waals surface area contributed by atoms with Crippen LogP contribution in [0, 0.1) is 0 Å². The van der Waals surface area contributed by atoms with Crippen molar-refractivity contribution in [2.24, 2.45) is 0 Å². The standard InChI is InChI=1S/C12H23N.C6H12O4/c1-3-7-11(8-4-1)13-12-9-5-2-6-10-12;1-6(10,2-3-7)4-5(8)9/h11-13H,1-10H2;7,10H,2-4H2,1H3,(H,8,9)/i;1D3. The molecule has 23 heavy (non-hydrogen) atoms. The predicted octanol–water partition coefficient (Wildman–Crippen LogP) is 2.84. The number of carbonyl (C=O) groups is 1. The molecule has 1 unspecified atom stereocenters. The molecule has 2 aliphatic carbocycles. The first kappa shape index (κ1) is 15.9. The van der Waals surface area contributed by atoms with Gasteiger partial charge in [-0.25, -0.2) is 0 Å². The topological polar surface area (TPSA) is 89.8 Å². The zero-order valence-electron chi connectivity index (χ0n) is 17.1. The number of rotatable bonds is 6. The summed E-state index contributed by atoms with van der Waals surface area (Å²) in [6.45, 7) is -3.36. The zero-order chi connectivity index (χ0) is 19.6. The molecule has 0 saturated heterocycles. The van der Waals surface area contributed by atoms with E-state index in [2.05, 4.69) is 5.32 Å². The fourth-order valence-electron chi connectivity index (χ4n) is 3.40. The first-order valence-corrected chi connectivity index (χ1v) is 8.99. The van der Waals surface area contributed by atoms with Gasteiger partial charge < -0.3 is 20.6 Å². The molecule has 0 heterocycles. The molecule has 0 aliphatic heterocycles. The minimum Gasteiger partial charge on any atom is -0.481 e. The molecule has 2 aliphatic rings. The van der Waals surface area contributed by atoms with Crippen molar-refractivity contribution in [3.63, 3.8) is 0 Å². The van der Waals surface area contributed by atoms with Crippen LogP contribution in [0.15, 0.2) is 0 Å². The van der Waals surface area contributed by atoms with Gasteiger partial charge in [0.15, 0.2) is 0 Å². The fraction of sp³-hybridized carbons (Fsp3) is 0.944. The van der Waals surface area contributed by atoms with Crippen LogP contribution in [-0.2, 0) is 4.79 Å². The number of hydrogen-bond acceptors (Lipinski definition) is 4. The molecular weight excluding hydrogens is 294 g/mol. The van der Waals surface area contributed by atoms with Crippen LogP contribution in [0.25, 0.3) is 0 Å². The van der Waals surface area contributed by atoms with Crippen molar-refractivity contribution in [3.8, 4) is 0 Å². The number of nitrogens with one attached hydrogen (secondary N) is 1. The lowest BCUT2D eigenvalue weighted by Crippen LogP contribution is -2.40. The Kier molecular flexibility index (Phi) is 7.58. The first-order chi connectivity index (χ1) is 12.2. The molecule has 0 aromatic carbocycles. The van der Waals surface area contributed by atoms with Gasteiger partial charge in [-0.15, -0.1) is 0 Å². The van der Waals surface area contributed by atoms with Gasteiger partial charge in [0.2, 0.25) is 0 Å². The van der Waals surface area contributed by atoms with E-state index in [4.69, 9.17) is 14.3 Å². The average Bonchev–Trinajstić information content (AvgIpc) is 2.56. The van der Waals surface area contributed by atoms with Crippen LogP contribution in [0.2, 0.25) is 0 Å². The maximum Gasteiger partial charge on any atom is 0.306 e. The highest BCUT2D eigenvalue weighted by molar-refractivity contribution is 5.67. The van der Waals surface area contributed by atoms with Crippen LogP contribution < -0.4 is 5.32 Å². The lowest BCUT2D eigenvalue weighted by Gasteiger charge is -2.30. The van der Waals surface area contributed by atoms with Crippen molar-refractivity contribution in [2.45, 2.75) is 102 Å². The predicted molar refractivity (Wildman–Crippen MR) is 91.5 cm³/mol. The van der Waals surface area contributed by atoms with Gasteiger partial charge in [-0.1, -0.05) is 38.5 Å². The highest BCUT2D eigenvalue weighted by atomic mass is 16.4. The molecule has 0 radical (unpaired) electrons. The molecule has 0 bridgehead atoms. The van der Waals surface area contributed by atoms with E-state index in [0.29, 0.717) is 0 Å². The Morgan fingerprint density at radius 1 is 1.09 bits per heavy atom. The summed E-state index contributed by atoms with van der Waals surface area (Å²) >= 11 is 0. The van der Waals surface area contributed by atoms with Crippen LogP contribution in [0.1, 0.15) is 88.0 Å². The van der Waals surface area contributed by atoms with Crippen molar-refractivity contribution in [1.29, 1.82) is 0 Å². The second-order valence-electron chi connectivity index (χ2n) is 6.91. The largest absolute Gasteiger partial charge is 0.481 e. The van der Waals surface area contributed by atoms with E-state index in [1.807, 2.05) is 0 Å². The molecule has 4 N–H and O–H groups in total. The van der Waals surface area contributed by atoms with Gasteiger partial charge in [0.05, 0.1) is 12.0 Å². The van der Waals surface area contributed by atoms with Crippen LogP contribution >= 0.6 is 0 Å². The van der Waals surface area contributed by atoms with Crippen molar-refractivity contribution in [2.75, 3.05) is 6.61 Å². The number of aliphatic hydroxyl groups excluding tert-OH is 1. The van der Waals surface area contributed by atoms with Crippen molar-refractivity contribution in [3.05, 3.63) is 0 Å². The van der Waals surface area contributed by atoms with Gasteiger partial charge in [-0.2, -0.15) is 0 Å². The molecule has 136 valence electrons. The van der Waals surface area contributed by atoms with Crippen molar-refractivity contribution < 1.29 is 24.2 Å². The molecule has 0 aromatic rings. The third-order valence-corrected chi connectivity index (χ3v) is 4.65. The van der Waals surface area contributed by atoms with Crippen LogP contribution in [0.4, 0.5) is 0 Å². The number of aliphatic carboxylic acids is 1. The van der Waals surface area contributed by atoms with Gasteiger partial charge in [0.25, 0.3) is 0 Å². The monoisotopic (exact) mass is 332 g/mol. The van der Waals surface area contributed by atoms with Crippen LogP contribution in [0.3, 0.4) is 0 Å². The van der Waals surface area contributed by atoms with E-state index in [-0.39, 0.29) is 0 Å². The van der Waals surface area contributed by atoms with Crippen molar-refractivity contribution in [1.82, 2.24) is 5.32 Å². The van der Waals surface area contributed by atoms with E-state index < -0.39 is 37.9 Å². The van der Waals surface area contributed by atoms with Gasteiger partial charge >= 0.3 is 5.97 Å². The smallest absolute Gasteiger partial charge is 0.306 e. The Bertz CT molecular complexity index is 392. The average molecular weight is 332 g/mol. The Morgan fingerprint density at radius 3 is 1.91 bits per heavy atom. The minimum atomic E-state index is -2.80. The normalized spacial score (nSPS) is 25.2. The lowest BCUT2D eigenvalue weighted by molar-refractivity contribution is -0.142. The Balaban J connectivity index is 0.000000260. The highest BCUT2D eigenvalue weighted by Crippen LogP contribution is 2.22. The Morgan fingerprint density at radius 2 is 1.57 bits per heavy atom. The van der Waals surface area contributed by atoms with Crippen LogP contribution in [-0.4, -0.2) is 45.6 Å². The summed E-state index contributed by atoms with van der Waals surface area (Å²) in [6.07, 6.45) is 13.2. The summed E-state index contributed by atoms with van der Waals surface area (Å²) in [7, 11) is 0. The summed E-state index contributed by atoms with van der Waals surface area (Å²) in [5.74, 6) is -1.41. The third-order valence-electron chi connectivity index (χ3n) is 4.65. The first-order valence-electron chi connectivity index (χ1n) is 10.5. The molecule has 1 atom stereocenters. The van der Waals surface area contributed by atoms with E-state index in [0.717, 1.165) is 12.1 Å². The van der Waals surface area contributed by atoms with Gasteiger partial charge in [-0.05, 0) is 39.0 Å². The minimum absolute atomic E-state index is 0.476. The number of aliphatic hydroxyl groups is 2. The lowest BCUT2D eigenvalue weighted by atomic mass is 9.91. The number of carboxylic acids is 1. The molecule has 0 spiro atoms. The molecule has 2 fully saturated rings. The van der Waals surface area contributed by atoms with E-state index in [1.165, 1.54) is 64.2 Å². The molecular formula is C18H35NO4. The summed E-state index contributed by atoms with van der Waals surface area (Å²) < 4.78 is 20.7. The summed E-state index contributed by atoms with van der Waals surface area (Å²) in [5, 5.41) is 30.1. The molecule has 2 saturated carbocycles. The van der Waals surface area contributed by atoms with Gasteiger partial charge in [0.1, 0.15) is 0 Å². The molecule has 5 nitrogen and oxygen atoms in total. The molecule has 5 heteroatoms. The van der Waals surface area contributed by atoms with E-state index >= 15 is 0 Å². The zero-order valence-corrected chi connectivity index (χ0v) is 14.1. The second-order valence-corrected chi connectivity index (χ2v) is 6.91. The Hall–Kier alpha value is -0.650. The number of hydrogen-bond donors (Lipinski definition) is 4. The summed E-state index contributed by atoms with van der Waals surface area (Å²) in [4.78, 5) is 10.2. The van der Waals surface area contributed by atoms with Crippen LogP contribution in [0.5, 0.6) is 0 Å². The maximum absolute atomic E-state index is 10.2. The fourth-order valence-corrected chi connectivity index (χ4v) is 3.40. The number of carboxylic acid groups (broad SMARTS) is 1. The molecule has 0 aromatic heterocycles. The summed E-state index contributed by atoms with van der Waals surface area (Å²) in [5.41, 5.74) is -2.34. The van der Waals surface area contributed by atoms with E-state index in [1.54, 1.807) is 0 Å². The Labute approximate surface area is 144 Å². The van der Waals surface area contributed by atoms with Gasteiger partial charge in [0, 0.05) is 22.8 Å². The van der Waals surface area contributed by atoms with E-state index in [9.17, 15) is 9.90 Å². The quantitative estimate of drug-likeness (QED) is 0.600. The molecule has 0 amide bonds. The maximum atomic E-state index is 10.2. The van der Waals surface area contributed by atoms with Crippen molar-refractivity contribution >= 4 is 5.97 Å². The summed E-state index contributed by atoms with van der Waals surface area (Å²) in [6, 6.07) is 1.74.